The van der Waals surface area contributed by atoms with Gasteiger partial charge in [0.05, 0.1) is 11.4 Å². The minimum absolute atomic E-state index is 0.175. The molecule has 6 heterocycles. The summed E-state index contributed by atoms with van der Waals surface area (Å²) >= 11 is 0. The van der Waals surface area contributed by atoms with Crippen LogP contribution in [0, 0.1) is 18.3 Å². The maximum atomic E-state index is 9.07. The lowest BCUT2D eigenvalue weighted by atomic mass is 10.0. The maximum Gasteiger partial charge on any atom is 0.234 e. The first-order chi connectivity index (χ1) is 21.9. The molecule has 6 aromatic rings. The molecule has 0 saturated carbocycles. The number of fused-ring (bicyclic) bond motifs is 1. The molecule has 0 amide bonds. The molecule has 1 aliphatic rings. The second-order valence-corrected chi connectivity index (χ2v) is 11.0. The number of benzene rings is 1. The number of aryl methyl sites for hydroxylation is 2. The molecule has 14 nitrogen and oxygen atoms in total. The van der Waals surface area contributed by atoms with Crippen LogP contribution in [0.4, 0.5) is 11.6 Å². The number of hydrogen-bond acceptors (Lipinski definition) is 12. The molecule has 3 N–H and O–H groups in total. The SMILES string of the molecule is Cc1nn(C)nc1-c1ccc2nc(-c3nccnc3N)n(-c3ccc(CN4CCC(Nc5ccnc(C#N)n5)CC4)cc3)c2n1. The number of nitrogen functional groups attached to an aromatic ring is 1. The standard InChI is InChI=1S/C31H30N14/c1-19-27(42-43(2)41-19)23-7-8-24-30(38-23)45(31(39-24)28-29(33)36-14-13-35-28)22-5-3-20(4-6-22)18-44-15-10-21(11-16-44)37-25-9-12-34-26(17-32)40-25/h3-9,12-14,21H,10-11,15-16,18H2,1-2H3,(H2,33,36)(H,34,37,40). The molecule has 224 valence electrons. The van der Waals surface area contributed by atoms with E-state index in [9.17, 15) is 0 Å². The highest BCUT2D eigenvalue weighted by Gasteiger charge is 2.22. The van der Waals surface area contributed by atoms with Gasteiger partial charge in [-0.15, -0.1) is 0 Å². The van der Waals surface area contributed by atoms with Crippen LogP contribution < -0.4 is 11.1 Å². The topological polar surface area (TPSA) is 178 Å². The summed E-state index contributed by atoms with van der Waals surface area (Å²) in [4.78, 5) is 30.8. The summed E-state index contributed by atoms with van der Waals surface area (Å²) in [6.45, 7) is 4.65. The smallest absolute Gasteiger partial charge is 0.234 e. The Morgan fingerprint density at radius 1 is 0.911 bits per heavy atom. The molecule has 0 spiro atoms. The molecule has 14 heteroatoms. The lowest BCUT2D eigenvalue weighted by Gasteiger charge is -2.32. The number of rotatable bonds is 7. The number of nitrogens with one attached hydrogen (secondary N) is 1. The van der Waals surface area contributed by atoms with Crippen molar-refractivity contribution >= 4 is 22.8 Å². The molecular formula is C31H30N14. The second kappa shape index (κ2) is 11.7. The summed E-state index contributed by atoms with van der Waals surface area (Å²) in [6, 6.07) is 16.3. The van der Waals surface area contributed by atoms with Crippen LogP contribution in [0.3, 0.4) is 0 Å². The first-order valence-electron chi connectivity index (χ1n) is 14.6. The van der Waals surface area contributed by atoms with Crippen LogP contribution in [0.5, 0.6) is 0 Å². The molecule has 0 bridgehead atoms. The Hall–Kier alpha value is -5.81. The van der Waals surface area contributed by atoms with E-state index in [0.29, 0.717) is 51.7 Å². The van der Waals surface area contributed by atoms with E-state index >= 15 is 0 Å². The van der Waals surface area contributed by atoms with Gasteiger partial charge in [0.25, 0.3) is 0 Å². The van der Waals surface area contributed by atoms with E-state index < -0.39 is 0 Å². The molecule has 0 atom stereocenters. The Kier molecular flexibility index (Phi) is 7.28. The van der Waals surface area contributed by atoms with Crippen LogP contribution in [0.15, 0.2) is 61.1 Å². The third kappa shape index (κ3) is 5.64. The molecular weight excluding hydrogens is 568 g/mol. The Morgan fingerprint density at radius 3 is 2.44 bits per heavy atom. The van der Waals surface area contributed by atoms with Gasteiger partial charge in [-0.2, -0.15) is 20.3 Å². The number of anilines is 2. The van der Waals surface area contributed by atoms with Crippen molar-refractivity contribution in [1.29, 1.82) is 5.26 Å². The van der Waals surface area contributed by atoms with Crippen molar-refractivity contribution in [3.05, 3.63) is 78.1 Å². The van der Waals surface area contributed by atoms with Crippen molar-refractivity contribution in [3.63, 3.8) is 0 Å². The van der Waals surface area contributed by atoms with E-state index in [1.807, 2.05) is 29.7 Å². The molecule has 1 aliphatic heterocycles. The molecule has 0 radical (unpaired) electrons. The first-order valence-corrected chi connectivity index (χ1v) is 14.6. The summed E-state index contributed by atoms with van der Waals surface area (Å²) in [5.74, 6) is 1.72. The zero-order valence-corrected chi connectivity index (χ0v) is 24.8. The van der Waals surface area contributed by atoms with Crippen LogP contribution in [0.2, 0.25) is 0 Å². The van der Waals surface area contributed by atoms with Crippen molar-refractivity contribution in [1.82, 2.24) is 54.4 Å². The zero-order chi connectivity index (χ0) is 30.9. The number of nitriles is 1. The monoisotopic (exact) mass is 598 g/mol. The lowest BCUT2D eigenvalue weighted by Crippen LogP contribution is -2.38. The van der Waals surface area contributed by atoms with Crippen LogP contribution >= 0.6 is 0 Å². The number of pyridine rings is 1. The van der Waals surface area contributed by atoms with Gasteiger partial charge in [0.1, 0.15) is 28.8 Å². The van der Waals surface area contributed by atoms with Crippen molar-refractivity contribution in [2.75, 3.05) is 24.1 Å². The van der Waals surface area contributed by atoms with E-state index in [-0.39, 0.29) is 5.82 Å². The van der Waals surface area contributed by atoms with Gasteiger partial charge in [0.15, 0.2) is 17.3 Å². The molecule has 1 fully saturated rings. The Morgan fingerprint density at radius 2 is 1.71 bits per heavy atom. The maximum absolute atomic E-state index is 9.07. The number of piperidine rings is 1. The number of nitrogens with two attached hydrogens (primary N) is 1. The van der Waals surface area contributed by atoms with Crippen LogP contribution in [-0.2, 0) is 13.6 Å². The minimum atomic E-state index is 0.175. The van der Waals surface area contributed by atoms with E-state index in [0.717, 1.165) is 43.9 Å². The van der Waals surface area contributed by atoms with Gasteiger partial charge in [-0.1, -0.05) is 12.1 Å². The fourth-order valence-electron chi connectivity index (χ4n) is 5.70. The van der Waals surface area contributed by atoms with Crippen LogP contribution in [0.1, 0.15) is 29.9 Å². The number of hydrogen-bond donors (Lipinski definition) is 2. The van der Waals surface area contributed by atoms with Gasteiger partial charge in [-0.25, -0.2) is 29.9 Å². The largest absolute Gasteiger partial charge is 0.382 e. The van der Waals surface area contributed by atoms with Crippen molar-refractivity contribution in [3.8, 4) is 34.7 Å². The normalized spacial score (nSPS) is 14.1. The summed E-state index contributed by atoms with van der Waals surface area (Å²) in [5, 5.41) is 21.4. The number of aromatic nitrogens is 10. The fourth-order valence-corrected chi connectivity index (χ4v) is 5.70. The lowest BCUT2D eigenvalue weighted by molar-refractivity contribution is 0.211. The Balaban J connectivity index is 1.14. The van der Waals surface area contributed by atoms with E-state index in [1.165, 1.54) is 5.56 Å². The predicted molar refractivity (Wildman–Crippen MR) is 168 cm³/mol. The van der Waals surface area contributed by atoms with E-state index in [2.05, 4.69) is 64.6 Å². The molecule has 1 saturated heterocycles. The zero-order valence-electron chi connectivity index (χ0n) is 24.8. The van der Waals surface area contributed by atoms with Crippen molar-refractivity contribution in [2.24, 2.45) is 7.05 Å². The number of imidazole rings is 1. The highest BCUT2D eigenvalue weighted by Crippen LogP contribution is 2.31. The van der Waals surface area contributed by atoms with Crippen LogP contribution in [-0.4, -0.2) is 73.5 Å². The molecule has 5 aromatic heterocycles. The summed E-state index contributed by atoms with van der Waals surface area (Å²) in [6.07, 6.45) is 6.74. The third-order valence-corrected chi connectivity index (χ3v) is 7.86. The fraction of sp³-hybridized carbons (Fsp3) is 0.258. The van der Waals surface area contributed by atoms with E-state index in [4.69, 9.17) is 21.0 Å². The van der Waals surface area contributed by atoms with Gasteiger partial charge in [0.2, 0.25) is 5.82 Å². The molecule has 1 aromatic carbocycles. The van der Waals surface area contributed by atoms with Gasteiger partial charge >= 0.3 is 0 Å². The Labute approximate surface area is 258 Å². The summed E-state index contributed by atoms with van der Waals surface area (Å²) in [7, 11) is 1.79. The van der Waals surface area contributed by atoms with Gasteiger partial charge < -0.3 is 11.1 Å². The average molecular weight is 599 g/mol. The second-order valence-electron chi connectivity index (χ2n) is 11.0. The number of likely N-dealkylation sites (tertiary alicyclic amines) is 1. The first kappa shape index (κ1) is 28.0. The quantitative estimate of drug-likeness (QED) is 0.274. The molecule has 7 rings (SSSR count). The van der Waals surface area contributed by atoms with Crippen molar-refractivity contribution < 1.29 is 0 Å². The van der Waals surface area contributed by atoms with Crippen molar-refractivity contribution in [2.45, 2.75) is 32.4 Å². The van der Waals surface area contributed by atoms with E-state index in [1.54, 1.807) is 36.5 Å². The van der Waals surface area contributed by atoms with Crippen LogP contribution in [0.25, 0.3) is 39.8 Å². The van der Waals surface area contributed by atoms with Gasteiger partial charge in [-0.3, -0.25) is 9.47 Å². The average Bonchev–Trinajstić information content (AvgIpc) is 3.61. The molecule has 0 aliphatic carbocycles. The van der Waals surface area contributed by atoms with Gasteiger partial charge in [0, 0.05) is 57.0 Å². The summed E-state index contributed by atoms with van der Waals surface area (Å²) in [5.41, 5.74) is 12.4. The van der Waals surface area contributed by atoms with Gasteiger partial charge in [-0.05, 0) is 55.7 Å². The summed E-state index contributed by atoms with van der Waals surface area (Å²) < 4.78 is 1.97. The highest BCUT2D eigenvalue weighted by atomic mass is 15.5. The number of nitrogens with zero attached hydrogens (tertiary/aromatic N) is 12. The molecule has 0 unspecified atom stereocenters. The third-order valence-electron chi connectivity index (χ3n) is 7.86. The highest BCUT2D eigenvalue weighted by molar-refractivity contribution is 5.83. The minimum Gasteiger partial charge on any atom is -0.382 e. The predicted octanol–water partition coefficient (Wildman–Crippen LogP) is 3.30. The Bertz CT molecular complexity index is 2030. The molecule has 45 heavy (non-hydrogen) atoms.